The van der Waals surface area contributed by atoms with Gasteiger partial charge in [0.05, 0.1) is 6.04 Å². The highest BCUT2D eigenvalue weighted by Crippen LogP contribution is 2.15. The van der Waals surface area contributed by atoms with Crippen molar-refractivity contribution in [3.05, 3.63) is 47.2 Å². The van der Waals surface area contributed by atoms with Crippen molar-refractivity contribution in [3.63, 3.8) is 0 Å². The number of carbonyl (C=O) groups is 1. The van der Waals surface area contributed by atoms with Gasteiger partial charge in [0.15, 0.2) is 11.0 Å². The summed E-state index contributed by atoms with van der Waals surface area (Å²) < 4.78 is 13.4. The number of pyridine rings is 1. The number of nitrogens with zero attached hydrogens (tertiary/aromatic N) is 1. The van der Waals surface area contributed by atoms with Gasteiger partial charge in [0, 0.05) is 24.4 Å². The van der Waals surface area contributed by atoms with Crippen LogP contribution in [0.15, 0.2) is 30.7 Å². The zero-order chi connectivity index (χ0) is 14.4. The highest BCUT2D eigenvalue weighted by molar-refractivity contribution is 6.29. The van der Waals surface area contributed by atoms with Gasteiger partial charge in [-0.15, -0.1) is 0 Å². The fourth-order valence-corrected chi connectivity index (χ4v) is 1.28. The quantitative estimate of drug-likeness (QED) is 0.433. The molecule has 0 fully saturated rings. The van der Waals surface area contributed by atoms with Crippen LogP contribution in [0.1, 0.15) is 5.56 Å². The summed E-state index contributed by atoms with van der Waals surface area (Å²) in [7, 11) is 0. The van der Waals surface area contributed by atoms with Crippen molar-refractivity contribution < 1.29 is 14.3 Å². The lowest BCUT2D eigenvalue weighted by atomic mass is 10.2. The number of carbonyl (C=O) groups excluding carboxylic acids is 1. The van der Waals surface area contributed by atoms with E-state index >= 15 is 0 Å². The molecule has 0 bridgehead atoms. The van der Waals surface area contributed by atoms with Gasteiger partial charge in [-0.1, -0.05) is 18.2 Å². The first kappa shape index (κ1) is 15.1. The molecule has 19 heavy (non-hydrogen) atoms. The minimum Gasteiger partial charge on any atom is -0.511 e. The van der Waals surface area contributed by atoms with E-state index in [9.17, 15) is 9.18 Å². The number of amides is 1. The van der Waals surface area contributed by atoms with Crippen LogP contribution in [0.3, 0.4) is 0 Å². The third-order valence-corrected chi connectivity index (χ3v) is 2.48. The number of aromatic nitrogens is 1. The molecule has 0 aliphatic rings. The van der Waals surface area contributed by atoms with E-state index in [4.69, 9.17) is 22.4 Å². The maximum Gasteiger partial charge on any atom is 0.244 e. The molecule has 7 heteroatoms. The molecule has 1 atom stereocenters. The molecule has 0 aromatic carbocycles. The van der Waals surface area contributed by atoms with E-state index in [2.05, 4.69) is 16.9 Å². The van der Waals surface area contributed by atoms with Crippen molar-refractivity contribution in [2.75, 3.05) is 6.54 Å². The Morgan fingerprint density at radius 2 is 2.42 bits per heavy atom. The number of nitrogens with two attached hydrogens (primary N) is 1. The van der Waals surface area contributed by atoms with Gasteiger partial charge in [-0.3, -0.25) is 4.79 Å². The van der Waals surface area contributed by atoms with Gasteiger partial charge >= 0.3 is 0 Å². The second kappa shape index (κ2) is 6.86. The number of aliphatic hydroxyl groups is 1. The molecule has 0 saturated carbocycles. The monoisotopic (exact) mass is 285 g/mol. The van der Waals surface area contributed by atoms with Gasteiger partial charge in [0.25, 0.3) is 0 Å². The van der Waals surface area contributed by atoms with E-state index in [1.54, 1.807) is 0 Å². The Morgan fingerprint density at radius 1 is 1.74 bits per heavy atom. The Kier molecular flexibility index (Phi) is 5.47. The Balaban J connectivity index is 2.59. The standard InChI is InChI=1S/C12H13ClFN3O2/c1-7(18)9(15)6-17-10(19)3-2-8-4-5-16-12(13)11(8)14/h2-5,9,18H,1,6,15H2,(H,17,19)/b3-2+. The Bertz CT molecular complexity index is 520. The molecule has 1 amide bonds. The zero-order valence-corrected chi connectivity index (χ0v) is 10.7. The van der Waals surface area contributed by atoms with Gasteiger partial charge in [-0.05, 0) is 12.1 Å². The summed E-state index contributed by atoms with van der Waals surface area (Å²) in [4.78, 5) is 15.0. The maximum absolute atomic E-state index is 13.4. The zero-order valence-electron chi connectivity index (χ0n) is 9.94. The van der Waals surface area contributed by atoms with Gasteiger partial charge in [-0.2, -0.15) is 0 Å². The van der Waals surface area contributed by atoms with Crippen LogP contribution in [0.5, 0.6) is 0 Å². The van der Waals surface area contributed by atoms with E-state index in [0.717, 1.165) is 6.08 Å². The molecule has 1 aromatic heterocycles. The van der Waals surface area contributed by atoms with E-state index in [1.807, 2.05) is 0 Å². The SMILES string of the molecule is C=C(O)C(N)CNC(=O)/C=C/c1ccnc(Cl)c1F. The maximum atomic E-state index is 13.4. The smallest absolute Gasteiger partial charge is 0.244 e. The van der Waals surface area contributed by atoms with Crippen molar-refractivity contribution in [3.8, 4) is 0 Å². The average Bonchev–Trinajstić information content (AvgIpc) is 2.37. The summed E-state index contributed by atoms with van der Waals surface area (Å²) in [6, 6.07) is 0.635. The van der Waals surface area contributed by atoms with Gasteiger partial charge in [0.1, 0.15) is 5.76 Å². The normalized spacial score (nSPS) is 12.4. The van der Waals surface area contributed by atoms with Crippen LogP contribution in [0.25, 0.3) is 6.08 Å². The molecule has 1 heterocycles. The van der Waals surface area contributed by atoms with Gasteiger partial charge < -0.3 is 16.2 Å². The van der Waals surface area contributed by atoms with Crippen LogP contribution in [0.2, 0.25) is 5.15 Å². The van der Waals surface area contributed by atoms with E-state index < -0.39 is 17.8 Å². The number of aliphatic hydroxyl groups excluding tert-OH is 1. The molecule has 0 aliphatic heterocycles. The van der Waals surface area contributed by atoms with Crippen molar-refractivity contribution in [2.45, 2.75) is 6.04 Å². The molecular formula is C12H13ClFN3O2. The largest absolute Gasteiger partial charge is 0.511 e. The fraction of sp³-hybridized carbons (Fsp3) is 0.167. The summed E-state index contributed by atoms with van der Waals surface area (Å²) >= 11 is 5.49. The molecule has 0 aliphatic carbocycles. The Labute approximate surface area is 114 Å². The van der Waals surface area contributed by atoms with Crippen LogP contribution in [0.4, 0.5) is 4.39 Å². The molecule has 0 radical (unpaired) electrons. The van der Waals surface area contributed by atoms with Gasteiger partial charge in [-0.25, -0.2) is 9.37 Å². The molecular weight excluding hydrogens is 273 g/mol. The first-order chi connectivity index (χ1) is 8.91. The average molecular weight is 286 g/mol. The molecule has 1 rings (SSSR count). The minimum absolute atomic E-state index is 0.0259. The van der Waals surface area contributed by atoms with Crippen LogP contribution >= 0.6 is 11.6 Å². The van der Waals surface area contributed by atoms with Gasteiger partial charge in [0.2, 0.25) is 5.91 Å². The van der Waals surface area contributed by atoms with Crippen LogP contribution in [0, 0.1) is 5.82 Å². The molecule has 5 nitrogen and oxygen atoms in total. The fourth-order valence-electron chi connectivity index (χ4n) is 1.11. The predicted molar refractivity (Wildman–Crippen MR) is 71.0 cm³/mol. The summed E-state index contributed by atoms with van der Waals surface area (Å²) in [5.74, 6) is -1.41. The lowest BCUT2D eigenvalue weighted by molar-refractivity contribution is -0.116. The number of nitrogens with one attached hydrogen (secondary N) is 1. The van der Waals surface area contributed by atoms with E-state index in [1.165, 1.54) is 18.3 Å². The molecule has 1 unspecified atom stereocenters. The molecule has 102 valence electrons. The molecule has 0 spiro atoms. The summed E-state index contributed by atoms with van der Waals surface area (Å²) in [5.41, 5.74) is 5.59. The first-order valence-corrected chi connectivity index (χ1v) is 5.69. The summed E-state index contributed by atoms with van der Waals surface area (Å²) in [6.45, 7) is 3.26. The van der Waals surface area contributed by atoms with Crippen molar-refractivity contribution in [1.82, 2.24) is 10.3 Å². The second-order valence-electron chi connectivity index (χ2n) is 3.68. The van der Waals surface area contributed by atoms with E-state index in [-0.39, 0.29) is 23.0 Å². The Hall–Kier alpha value is -1.92. The predicted octanol–water partition coefficient (Wildman–Crippen LogP) is 1.40. The molecule has 0 saturated heterocycles. The molecule has 1 aromatic rings. The summed E-state index contributed by atoms with van der Waals surface area (Å²) in [5, 5.41) is 11.1. The van der Waals surface area contributed by atoms with Crippen LogP contribution in [-0.2, 0) is 4.79 Å². The summed E-state index contributed by atoms with van der Waals surface area (Å²) in [6.07, 6.45) is 3.72. The highest BCUT2D eigenvalue weighted by Gasteiger charge is 2.07. The second-order valence-corrected chi connectivity index (χ2v) is 4.04. The van der Waals surface area contributed by atoms with Crippen molar-refractivity contribution in [2.24, 2.45) is 5.73 Å². The highest BCUT2D eigenvalue weighted by atomic mass is 35.5. The number of halogens is 2. The van der Waals surface area contributed by atoms with E-state index in [0.29, 0.717) is 0 Å². The lowest BCUT2D eigenvalue weighted by Crippen LogP contribution is -2.37. The van der Waals surface area contributed by atoms with Crippen molar-refractivity contribution >= 4 is 23.6 Å². The third-order valence-electron chi connectivity index (χ3n) is 2.22. The topological polar surface area (TPSA) is 88.2 Å². The van der Waals surface area contributed by atoms with Crippen LogP contribution in [-0.4, -0.2) is 28.6 Å². The number of hydrogen-bond donors (Lipinski definition) is 3. The first-order valence-electron chi connectivity index (χ1n) is 5.31. The van der Waals surface area contributed by atoms with Crippen molar-refractivity contribution in [1.29, 1.82) is 0 Å². The number of hydrogen-bond acceptors (Lipinski definition) is 4. The lowest BCUT2D eigenvalue weighted by Gasteiger charge is -2.09. The Morgan fingerprint density at radius 3 is 3.05 bits per heavy atom. The minimum atomic E-state index is -0.746. The third kappa shape index (κ3) is 4.69. The van der Waals surface area contributed by atoms with Crippen LogP contribution < -0.4 is 11.1 Å². The number of rotatable bonds is 5. The molecule has 4 N–H and O–H groups in total.